The minimum atomic E-state index is -0.365. The van der Waals surface area contributed by atoms with Crippen molar-refractivity contribution in [3.05, 3.63) is 54.1 Å². The van der Waals surface area contributed by atoms with Gasteiger partial charge in [0.2, 0.25) is 0 Å². The number of nitrogen functional groups attached to an aromatic ring is 1. The molecule has 1 aromatic heterocycles. The number of aromatic nitrogens is 1. The first-order valence-corrected chi connectivity index (χ1v) is 9.00. The molecule has 0 aliphatic rings. The molecule has 0 saturated carbocycles. The average Bonchev–Trinajstić information content (AvgIpc) is 2.71. The standard InChI is InChI=1S/C21H23FN4O2/c1-4-10-24-21(27)20-19(23)14-6-5-7-16(15(14)12-25-20)26(2)17-11-13(22)8-9-18(17)28-3/h5-9,11-12H,4,10,23H2,1-3H3,(H,24,27). The molecule has 1 heterocycles. The van der Waals surface area contributed by atoms with E-state index >= 15 is 0 Å². The van der Waals surface area contributed by atoms with Gasteiger partial charge in [0.1, 0.15) is 11.6 Å². The third-order valence-corrected chi connectivity index (χ3v) is 4.57. The Hall–Kier alpha value is -3.35. The number of carbonyl (C=O) groups excluding carboxylic acids is 1. The second-order valence-electron chi connectivity index (χ2n) is 6.39. The van der Waals surface area contributed by atoms with E-state index in [1.165, 1.54) is 19.2 Å². The second-order valence-corrected chi connectivity index (χ2v) is 6.39. The number of pyridine rings is 1. The molecule has 0 radical (unpaired) electrons. The number of halogens is 1. The number of carbonyl (C=O) groups is 1. The van der Waals surface area contributed by atoms with Gasteiger partial charge >= 0.3 is 0 Å². The highest BCUT2D eigenvalue weighted by Gasteiger charge is 2.18. The number of nitrogens with zero attached hydrogens (tertiary/aromatic N) is 2. The van der Waals surface area contributed by atoms with Crippen molar-refractivity contribution in [2.45, 2.75) is 13.3 Å². The Balaban J connectivity index is 2.10. The maximum Gasteiger partial charge on any atom is 0.272 e. The first-order valence-electron chi connectivity index (χ1n) is 9.00. The molecule has 0 aliphatic heterocycles. The lowest BCUT2D eigenvalue weighted by Gasteiger charge is -2.24. The molecule has 0 aliphatic carbocycles. The molecule has 0 spiro atoms. The summed E-state index contributed by atoms with van der Waals surface area (Å²) >= 11 is 0. The second kappa shape index (κ2) is 8.12. The zero-order valence-electron chi connectivity index (χ0n) is 16.1. The van der Waals surface area contributed by atoms with Gasteiger partial charge in [0.05, 0.1) is 24.2 Å². The van der Waals surface area contributed by atoms with E-state index in [0.717, 1.165) is 17.5 Å². The Morgan fingerprint density at radius 3 is 2.75 bits per heavy atom. The van der Waals surface area contributed by atoms with Crippen molar-refractivity contribution in [1.29, 1.82) is 0 Å². The van der Waals surface area contributed by atoms with Crippen LogP contribution in [-0.2, 0) is 0 Å². The molecule has 2 aromatic carbocycles. The van der Waals surface area contributed by atoms with Gasteiger partial charge in [-0.2, -0.15) is 0 Å². The number of fused-ring (bicyclic) bond motifs is 1. The number of benzene rings is 2. The van der Waals surface area contributed by atoms with E-state index < -0.39 is 0 Å². The number of rotatable bonds is 6. The van der Waals surface area contributed by atoms with Crippen molar-refractivity contribution in [1.82, 2.24) is 10.3 Å². The summed E-state index contributed by atoms with van der Waals surface area (Å²) in [6.07, 6.45) is 2.44. The summed E-state index contributed by atoms with van der Waals surface area (Å²) in [7, 11) is 3.35. The van der Waals surface area contributed by atoms with Crippen LogP contribution in [0.4, 0.5) is 21.5 Å². The van der Waals surface area contributed by atoms with E-state index in [9.17, 15) is 9.18 Å². The predicted octanol–water partition coefficient (Wildman–Crippen LogP) is 3.87. The number of anilines is 3. The smallest absolute Gasteiger partial charge is 0.272 e. The van der Waals surface area contributed by atoms with Gasteiger partial charge in [0, 0.05) is 36.6 Å². The number of nitrogens with two attached hydrogens (primary N) is 1. The van der Waals surface area contributed by atoms with E-state index in [-0.39, 0.29) is 17.4 Å². The molecule has 1 amide bonds. The van der Waals surface area contributed by atoms with Gasteiger partial charge in [-0.15, -0.1) is 0 Å². The summed E-state index contributed by atoms with van der Waals surface area (Å²) < 4.78 is 19.2. The fourth-order valence-electron chi connectivity index (χ4n) is 3.10. The summed E-state index contributed by atoms with van der Waals surface area (Å²) in [5.41, 5.74) is 8.10. The summed E-state index contributed by atoms with van der Waals surface area (Å²) in [5.74, 6) is -0.125. The van der Waals surface area contributed by atoms with E-state index in [1.54, 1.807) is 12.3 Å². The van der Waals surface area contributed by atoms with Gasteiger partial charge in [0.15, 0.2) is 5.69 Å². The zero-order valence-corrected chi connectivity index (χ0v) is 16.1. The fraction of sp³-hybridized carbons (Fsp3) is 0.238. The van der Waals surface area contributed by atoms with Gasteiger partial charge in [-0.05, 0) is 24.6 Å². The molecule has 0 fully saturated rings. The van der Waals surface area contributed by atoms with Gasteiger partial charge in [-0.1, -0.05) is 19.1 Å². The van der Waals surface area contributed by atoms with Crippen molar-refractivity contribution in [2.24, 2.45) is 0 Å². The molecule has 0 saturated heterocycles. The maximum atomic E-state index is 13.8. The monoisotopic (exact) mass is 382 g/mol. The van der Waals surface area contributed by atoms with E-state index in [1.807, 2.05) is 37.1 Å². The third kappa shape index (κ3) is 3.55. The Morgan fingerprint density at radius 1 is 1.25 bits per heavy atom. The maximum absolute atomic E-state index is 13.8. The molecule has 0 bridgehead atoms. The normalized spacial score (nSPS) is 10.7. The van der Waals surface area contributed by atoms with Gasteiger partial charge in [-0.25, -0.2) is 9.37 Å². The highest BCUT2D eigenvalue weighted by Crippen LogP contribution is 2.38. The summed E-state index contributed by atoms with van der Waals surface area (Å²) in [6, 6.07) is 9.88. The van der Waals surface area contributed by atoms with E-state index in [0.29, 0.717) is 29.1 Å². The molecule has 0 unspecified atom stereocenters. The molecular weight excluding hydrogens is 359 g/mol. The van der Waals surface area contributed by atoms with Gasteiger partial charge in [0.25, 0.3) is 5.91 Å². The van der Waals surface area contributed by atoms with Crippen LogP contribution in [-0.4, -0.2) is 31.6 Å². The summed E-state index contributed by atoms with van der Waals surface area (Å²) in [5, 5.41) is 4.24. The molecule has 3 aromatic rings. The molecule has 3 N–H and O–H groups in total. The molecular formula is C21H23FN4O2. The van der Waals surface area contributed by atoms with Gasteiger partial charge in [-0.3, -0.25) is 4.79 Å². The third-order valence-electron chi connectivity index (χ3n) is 4.57. The Labute approximate surface area is 163 Å². The van der Waals surface area contributed by atoms with Crippen molar-refractivity contribution in [3.63, 3.8) is 0 Å². The SMILES string of the molecule is CCCNC(=O)c1ncc2c(N(C)c3cc(F)ccc3OC)cccc2c1N. The molecule has 0 atom stereocenters. The van der Waals surface area contributed by atoms with Crippen LogP contribution < -0.4 is 20.7 Å². The minimum Gasteiger partial charge on any atom is -0.495 e. The highest BCUT2D eigenvalue weighted by molar-refractivity contribution is 6.09. The topological polar surface area (TPSA) is 80.5 Å². The lowest BCUT2D eigenvalue weighted by atomic mass is 10.1. The molecule has 28 heavy (non-hydrogen) atoms. The van der Waals surface area contributed by atoms with Crippen molar-refractivity contribution >= 4 is 33.7 Å². The van der Waals surface area contributed by atoms with E-state index in [2.05, 4.69) is 10.3 Å². The largest absolute Gasteiger partial charge is 0.495 e. The van der Waals surface area contributed by atoms with Crippen LogP contribution in [0.15, 0.2) is 42.6 Å². The van der Waals surface area contributed by atoms with Crippen LogP contribution in [0.5, 0.6) is 5.75 Å². The number of methoxy groups -OCH3 is 1. The van der Waals surface area contributed by atoms with Crippen LogP contribution in [0, 0.1) is 5.82 Å². The lowest BCUT2D eigenvalue weighted by Crippen LogP contribution is -2.26. The molecule has 3 rings (SSSR count). The highest BCUT2D eigenvalue weighted by atomic mass is 19.1. The molecule has 146 valence electrons. The lowest BCUT2D eigenvalue weighted by molar-refractivity contribution is 0.0950. The summed E-state index contributed by atoms with van der Waals surface area (Å²) in [4.78, 5) is 18.4. The molecule has 7 heteroatoms. The first kappa shape index (κ1) is 19.4. The number of amides is 1. The van der Waals surface area contributed by atoms with Gasteiger partial charge < -0.3 is 20.7 Å². The number of nitrogens with one attached hydrogen (secondary N) is 1. The number of hydrogen-bond acceptors (Lipinski definition) is 5. The number of hydrogen-bond donors (Lipinski definition) is 2. The van der Waals surface area contributed by atoms with Crippen LogP contribution in [0.3, 0.4) is 0 Å². The average molecular weight is 382 g/mol. The first-order chi connectivity index (χ1) is 13.5. The van der Waals surface area contributed by atoms with Crippen molar-refractivity contribution < 1.29 is 13.9 Å². The van der Waals surface area contributed by atoms with Crippen LogP contribution in [0.2, 0.25) is 0 Å². The quantitative estimate of drug-likeness (QED) is 0.676. The van der Waals surface area contributed by atoms with Crippen molar-refractivity contribution in [3.8, 4) is 5.75 Å². The van der Waals surface area contributed by atoms with Crippen molar-refractivity contribution in [2.75, 3.05) is 31.3 Å². The zero-order chi connectivity index (χ0) is 20.3. The Kier molecular flexibility index (Phi) is 5.63. The van der Waals surface area contributed by atoms with E-state index in [4.69, 9.17) is 10.5 Å². The summed E-state index contributed by atoms with van der Waals surface area (Å²) in [6.45, 7) is 2.53. The number of ether oxygens (including phenoxy) is 1. The van der Waals surface area contributed by atoms with Crippen LogP contribution in [0.1, 0.15) is 23.8 Å². The fourth-order valence-corrected chi connectivity index (χ4v) is 3.10. The Morgan fingerprint density at radius 2 is 2.04 bits per heavy atom. The minimum absolute atomic E-state index is 0.198. The Bertz CT molecular complexity index is 1020. The van der Waals surface area contributed by atoms with Crippen LogP contribution in [0.25, 0.3) is 10.8 Å². The van der Waals surface area contributed by atoms with Crippen LogP contribution >= 0.6 is 0 Å². The predicted molar refractivity (Wildman–Crippen MR) is 110 cm³/mol. The molecule has 6 nitrogen and oxygen atoms in total.